The first kappa shape index (κ1) is 22.2. The predicted molar refractivity (Wildman–Crippen MR) is 98.2 cm³/mol. The van der Waals surface area contributed by atoms with E-state index in [1.807, 2.05) is 19.6 Å². The Balaban J connectivity index is 2.57. The van der Waals surface area contributed by atoms with Crippen molar-refractivity contribution in [3.05, 3.63) is 70.3 Å². The Labute approximate surface area is 160 Å². The SMILES string of the molecule is C[Si](C)(C)CCc1c(C(=O)c2cccc(C(F)(F)F)c2)cccc1C(F)(F)F. The van der Waals surface area contributed by atoms with Crippen molar-refractivity contribution in [1.82, 2.24) is 0 Å². The molecule has 1 nitrogen and oxygen atoms in total. The smallest absolute Gasteiger partial charge is 0.289 e. The molecule has 0 spiro atoms. The molecular weight excluding hydrogens is 398 g/mol. The summed E-state index contributed by atoms with van der Waals surface area (Å²) in [4.78, 5) is 12.8. The summed E-state index contributed by atoms with van der Waals surface area (Å²) >= 11 is 0. The average Bonchev–Trinajstić information content (AvgIpc) is 2.57. The maximum Gasteiger partial charge on any atom is 0.416 e. The van der Waals surface area contributed by atoms with E-state index in [0.717, 1.165) is 24.3 Å². The normalized spacial score (nSPS) is 12.9. The maximum absolute atomic E-state index is 13.5. The van der Waals surface area contributed by atoms with E-state index in [4.69, 9.17) is 0 Å². The highest BCUT2D eigenvalue weighted by Gasteiger charge is 2.36. The van der Waals surface area contributed by atoms with Crippen molar-refractivity contribution >= 4 is 13.9 Å². The number of carbonyl (C=O) groups is 1. The first-order chi connectivity index (χ1) is 12.7. The molecule has 0 aliphatic rings. The molecule has 0 heterocycles. The number of benzene rings is 2. The lowest BCUT2D eigenvalue weighted by Gasteiger charge is -2.20. The van der Waals surface area contributed by atoms with Crippen molar-refractivity contribution < 1.29 is 31.1 Å². The number of halogens is 6. The van der Waals surface area contributed by atoms with E-state index in [2.05, 4.69) is 0 Å². The fraction of sp³-hybridized carbons (Fsp3) is 0.350. The molecule has 0 radical (unpaired) electrons. The number of hydrogen-bond acceptors (Lipinski definition) is 1. The third kappa shape index (κ3) is 5.47. The van der Waals surface area contributed by atoms with Gasteiger partial charge < -0.3 is 0 Å². The van der Waals surface area contributed by atoms with E-state index in [0.29, 0.717) is 12.1 Å². The molecule has 2 rings (SSSR count). The van der Waals surface area contributed by atoms with Gasteiger partial charge in [0.05, 0.1) is 11.1 Å². The molecule has 0 unspecified atom stereocenters. The van der Waals surface area contributed by atoms with Crippen LogP contribution in [0.5, 0.6) is 0 Å². The number of ketones is 1. The van der Waals surface area contributed by atoms with Crippen LogP contribution in [0.4, 0.5) is 26.3 Å². The summed E-state index contributed by atoms with van der Waals surface area (Å²) in [6.07, 6.45) is -9.25. The topological polar surface area (TPSA) is 17.1 Å². The van der Waals surface area contributed by atoms with Gasteiger partial charge in [0, 0.05) is 19.2 Å². The summed E-state index contributed by atoms with van der Waals surface area (Å²) in [5.74, 6) is -0.845. The zero-order chi connectivity index (χ0) is 21.3. The van der Waals surface area contributed by atoms with Crippen LogP contribution in [-0.4, -0.2) is 13.9 Å². The molecule has 0 saturated heterocycles. The predicted octanol–water partition coefficient (Wildman–Crippen LogP) is 6.84. The van der Waals surface area contributed by atoms with E-state index in [-0.39, 0.29) is 23.1 Å². The van der Waals surface area contributed by atoms with Gasteiger partial charge in [-0.3, -0.25) is 4.79 Å². The van der Waals surface area contributed by atoms with Crippen LogP contribution >= 0.6 is 0 Å². The highest BCUT2D eigenvalue weighted by Crippen LogP contribution is 2.36. The first-order valence-electron chi connectivity index (χ1n) is 8.61. The molecule has 0 amide bonds. The van der Waals surface area contributed by atoms with Crippen LogP contribution in [0.15, 0.2) is 42.5 Å². The van der Waals surface area contributed by atoms with Gasteiger partial charge in [-0.15, -0.1) is 0 Å². The minimum absolute atomic E-state index is 0.0471. The van der Waals surface area contributed by atoms with Crippen molar-refractivity contribution in [3.63, 3.8) is 0 Å². The van der Waals surface area contributed by atoms with Gasteiger partial charge in [-0.25, -0.2) is 0 Å². The quantitative estimate of drug-likeness (QED) is 0.295. The summed E-state index contributed by atoms with van der Waals surface area (Å²) in [5, 5.41) is 0. The Morgan fingerprint density at radius 1 is 0.893 bits per heavy atom. The lowest BCUT2D eigenvalue weighted by molar-refractivity contribution is -0.138. The van der Waals surface area contributed by atoms with Crippen molar-refractivity contribution in [3.8, 4) is 0 Å². The van der Waals surface area contributed by atoms with Crippen LogP contribution in [0.2, 0.25) is 25.7 Å². The van der Waals surface area contributed by atoms with Crippen LogP contribution in [0, 0.1) is 0 Å². The van der Waals surface area contributed by atoms with E-state index in [1.54, 1.807) is 0 Å². The first-order valence-corrected chi connectivity index (χ1v) is 12.3. The van der Waals surface area contributed by atoms with Gasteiger partial charge in [0.15, 0.2) is 5.78 Å². The zero-order valence-corrected chi connectivity index (χ0v) is 16.6. The Kier molecular flexibility index (Phi) is 6.13. The number of hydrogen-bond donors (Lipinski definition) is 0. The molecule has 152 valence electrons. The Morgan fingerprint density at radius 3 is 2.04 bits per heavy atom. The summed E-state index contributed by atoms with van der Waals surface area (Å²) in [6, 6.07) is 7.52. The lowest BCUT2D eigenvalue weighted by atomic mass is 9.92. The van der Waals surface area contributed by atoms with Gasteiger partial charge in [-0.2, -0.15) is 26.3 Å². The van der Waals surface area contributed by atoms with Gasteiger partial charge >= 0.3 is 12.4 Å². The lowest BCUT2D eigenvalue weighted by Crippen LogP contribution is -2.22. The standard InChI is InChI=1S/C20H20F6OSi/c1-28(2,3)11-10-15-16(8-5-9-17(15)20(24,25)26)18(27)13-6-4-7-14(12-13)19(21,22)23/h4-9,12H,10-11H2,1-3H3. The second-order valence-electron chi connectivity index (χ2n) is 7.80. The molecule has 0 atom stereocenters. The molecule has 0 N–H and O–H groups in total. The summed E-state index contributed by atoms with van der Waals surface area (Å²) < 4.78 is 79.2. The van der Waals surface area contributed by atoms with Crippen LogP contribution in [0.3, 0.4) is 0 Å². The minimum Gasteiger partial charge on any atom is -0.289 e. The molecule has 2 aromatic rings. The van der Waals surface area contributed by atoms with E-state index < -0.39 is 37.3 Å². The number of rotatable bonds is 5. The second-order valence-corrected chi connectivity index (χ2v) is 13.4. The molecule has 0 aliphatic heterocycles. The van der Waals surface area contributed by atoms with Gasteiger partial charge in [-0.1, -0.05) is 50.0 Å². The Morgan fingerprint density at radius 2 is 1.50 bits per heavy atom. The van der Waals surface area contributed by atoms with Crippen LogP contribution in [-0.2, 0) is 18.8 Å². The third-order valence-corrected chi connectivity index (χ3v) is 6.05. The van der Waals surface area contributed by atoms with Crippen molar-refractivity contribution in [2.75, 3.05) is 0 Å². The number of carbonyl (C=O) groups excluding carboxylic acids is 1. The third-order valence-electron chi connectivity index (χ3n) is 4.30. The summed E-state index contributed by atoms with van der Waals surface area (Å²) in [6.45, 7) is 5.99. The van der Waals surface area contributed by atoms with Gasteiger partial charge in [0.2, 0.25) is 0 Å². The molecule has 8 heteroatoms. The molecule has 0 aromatic heterocycles. The average molecular weight is 418 g/mol. The molecule has 0 saturated carbocycles. The number of alkyl halides is 6. The van der Waals surface area contributed by atoms with Gasteiger partial charge in [-0.05, 0) is 30.2 Å². The minimum atomic E-state index is -4.65. The summed E-state index contributed by atoms with van der Waals surface area (Å²) in [5.41, 5.74) is -2.58. The molecule has 28 heavy (non-hydrogen) atoms. The molecule has 0 fully saturated rings. The summed E-state index contributed by atoms with van der Waals surface area (Å²) in [7, 11) is -1.72. The van der Waals surface area contributed by atoms with Crippen molar-refractivity contribution in [2.24, 2.45) is 0 Å². The maximum atomic E-state index is 13.5. The van der Waals surface area contributed by atoms with Crippen LogP contribution in [0.25, 0.3) is 0 Å². The van der Waals surface area contributed by atoms with E-state index >= 15 is 0 Å². The fourth-order valence-electron chi connectivity index (χ4n) is 2.83. The molecular formula is C20H20F6OSi. The van der Waals surface area contributed by atoms with Crippen LogP contribution < -0.4 is 0 Å². The molecule has 0 aliphatic carbocycles. The largest absolute Gasteiger partial charge is 0.416 e. The second kappa shape index (κ2) is 7.73. The zero-order valence-electron chi connectivity index (χ0n) is 15.6. The van der Waals surface area contributed by atoms with Crippen molar-refractivity contribution in [2.45, 2.75) is 44.5 Å². The molecule has 0 bridgehead atoms. The monoisotopic (exact) mass is 418 g/mol. The Hall–Kier alpha value is -2.09. The fourth-order valence-corrected chi connectivity index (χ4v) is 3.83. The van der Waals surface area contributed by atoms with Gasteiger partial charge in [0.1, 0.15) is 0 Å². The van der Waals surface area contributed by atoms with E-state index in [1.165, 1.54) is 12.1 Å². The molecule has 2 aromatic carbocycles. The Bertz CT molecular complexity index is 862. The van der Waals surface area contributed by atoms with Gasteiger partial charge in [0.25, 0.3) is 0 Å². The highest BCUT2D eigenvalue weighted by atomic mass is 28.3. The highest BCUT2D eigenvalue weighted by molar-refractivity contribution is 6.76. The van der Waals surface area contributed by atoms with Crippen molar-refractivity contribution in [1.29, 1.82) is 0 Å². The van der Waals surface area contributed by atoms with E-state index in [9.17, 15) is 31.1 Å². The van der Waals surface area contributed by atoms with Crippen LogP contribution in [0.1, 0.15) is 32.6 Å².